The SMILES string of the molecule is Cc1cc(C(F)(F)C(F)(F)C(F)(F)F)ccc1C1(C(N)=O)C=CC=CC1C(N)=O. The molecule has 0 fully saturated rings. The van der Waals surface area contributed by atoms with Crippen LogP contribution in [-0.2, 0) is 20.9 Å². The molecule has 1 aromatic rings. The zero-order valence-corrected chi connectivity index (χ0v) is 14.7. The number of hydrogen-bond donors (Lipinski definition) is 2. The Bertz CT molecular complexity index is 906. The van der Waals surface area contributed by atoms with Crippen LogP contribution in [-0.4, -0.2) is 23.9 Å². The van der Waals surface area contributed by atoms with Crippen LogP contribution in [0.15, 0.2) is 42.5 Å². The lowest BCUT2D eigenvalue weighted by molar-refractivity contribution is -0.359. The highest BCUT2D eigenvalue weighted by atomic mass is 19.4. The fourth-order valence-electron chi connectivity index (χ4n) is 3.27. The largest absolute Gasteiger partial charge is 0.460 e. The summed E-state index contributed by atoms with van der Waals surface area (Å²) < 4.78 is 91.9. The second-order valence-electron chi connectivity index (χ2n) is 6.53. The summed E-state index contributed by atoms with van der Waals surface area (Å²) in [6, 6.07) is 1.48. The summed E-state index contributed by atoms with van der Waals surface area (Å²) in [5.74, 6) is -15.3. The zero-order valence-electron chi connectivity index (χ0n) is 14.7. The van der Waals surface area contributed by atoms with Gasteiger partial charge in [-0.1, -0.05) is 36.4 Å². The van der Waals surface area contributed by atoms with Gasteiger partial charge in [0.1, 0.15) is 5.41 Å². The molecule has 11 heteroatoms. The lowest BCUT2D eigenvalue weighted by Gasteiger charge is -2.36. The summed E-state index contributed by atoms with van der Waals surface area (Å²) in [6.45, 7) is 1.11. The Balaban J connectivity index is 2.67. The number of carbonyl (C=O) groups is 2. The molecule has 2 unspecified atom stereocenters. The third kappa shape index (κ3) is 3.28. The molecule has 158 valence electrons. The molecule has 29 heavy (non-hydrogen) atoms. The first-order valence-corrected chi connectivity index (χ1v) is 8.00. The second-order valence-corrected chi connectivity index (χ2v) is 6.53. The molecule has 2 atom stereocenters. The van der Waals surface area contributed by atoms with Gasteiger partial charge in [-0.25, -0.2) is 0 Å². The molecule has 0 saturated carbocycles. The van der Waals surface area contributed by atoms with Crippen molar-refractivity contribution >= 4 is 11.8 Å². The van der Waals surface area contributed by atoms with E-state index in [9.17, 15) is 40.3 Å². The normalized spacial score (nSPS) is 22.6. The molecule has 4 N–H and O–H groups in total. The lowest BCUT2D eigenvalue weighted by atomic mass is 9.66. The monoisotopic (exact) mass is 424 g/mol. The van der Waals surface area contributed by atoms with Crippen LogP contribution in [0.5, 0.6) is 0 Å². The Morgan fingerprint density at radius 3 is 2.03 bits per heavy atom. The van der Waals surface area contributed by atoms with E-state index in [1.165, 1.54) is 24.3 Å². The number of primary amides is 2. The summed E-state index contributed by atoms with van der Waals surface area (Å²) in [6.07, 6.45) is -1.34. The molecule has 0 saturated heterocycles. The fourth-order valence-corrected chi connectivity index (χ4v) is 3.27. The molecule has 2 rings (SSSR count). The zero-order chi connectivity index (χ0) is 22.4. The average Bonchev–Trinajstić information content (AvgIpc) is 2.60. The van der Waals surface area contributed by atoms with Crippen molar-refractivity contribution in [1.82, 2.24) is 0 Å². The maximum atomic E-state index is 14.0. The number of benzene rings is 1. The van der Waals surface area contributed by atoms with Gasteiger partial charge in [-0.15, -0.1) is 0 Å². The molecule has 0 aliphatic heterocycles. The highest BCUT2D eigenvalue weighted by molar-refractivity contribution is 5.97. The molecule has 1 aliphatic carbocycles. The predicted molar refractivity (Wildman–Crippen MR) is 87.9 cm³/mol. The van der Waals surface area contributed by atoms with Crippen molar-refractivity contribution < 1.29 is 40.3 Å². The summed E-state index contributed by atoms with van der Waals surface area (Å²) >= 11 is 0. The van der Waals surface area contributed by atoms with Gasteiger partial charge in [0.25, 0.3) is 0 Å². The van der Waals surface area contributed by atoms with Crippen LogP contribution in [0.25, 0.3) is 0 Å². The third-order valence-corrected chi connectivity index (χ3v) is 4.76. The van der Waals surface area contributed by atoms with E-state index in [1.807, 2.05) is 0 Å². The maximum absolute atomic E-state index is 14.0. The van der Waals surface area contributed by atoms with Crippen molar-refractivity contribution in [2.45, 2.75) is 30.4 Å². The van der Waals surface area contributed by atoms with Crippen molar-refractivity contribution in [2.75, 3.05) is 0 Å². The molecule has 0 bridgehead atoms. The van der Waals surface area contributed by atoms with Crippen LogP contribution in [0, 0.1) is 12.8 Å². The first kappa shape index (κ1) is 22.4. The van der Waals surface area contributed by atoms with Crippen molar-refractivity contribution in [3.63, 3.8) is 0 Å². The average molecular weight is 424 g/mol. The van der Waals surface area contributed by atoms with Gasteiger partial charge < -0.3 is 11.5 Å². The lowest BCUT2D eigenvalue weighted by Crippen LogP contribution is -2.51. The molecule has 0 radical (unpaired) electrons. The van der Waals surface area contributed by atoms with E-state index in [-0.39, 0.29) is 11.1 Å². The number of carbonyl (C=O) groups excluding carboxylic acids is 2. The fraction of sp³-hybridized carbons (Fsp3) is 0.333. The van der Waals surface area contributed by atoms with Crippen molar-refractivity contribution in [3.8, 4) is 0 Å². The maximum Gasteiger partial charge on any atom is 0.460 e. The molecule has 1 aromatic carbocycles. The van der Waals surface area contributed by atoms with Gasteiger partial charge in [-0.2, -0.15) is 30.7 Å². The molecule has 0 heterocycles. The molecule has 2 amide bonds. The van der Waals surface area contributed by atoms with Gasteiger partial charge in [-0.3, -0.25) is 9.59 Å². The van der Waals surface area contributed by atoms with Crippen LogP contribution in [0.4, 0.5) is 30.7 Å². The van der Waals surface area contributed by atoms with Crippen LogP contribution in [0.3, 0.4) is 0 Å². The minimum absolute atomic E-state index is 0.135. The summed E-state index contributed by atoms with van der Waals surface area (Å²) in [7, 11) is 0. The molecule has 1 aliphatic rings. The van der Waals surface area contributed by atoms with E-state index >= 15 is 0 Å². The second kappa shape index (κ2) is 6.89. The van der Waals surface area contributed by atoms with Crippen LogP contribution >= 0.6 is 0 Å². The number of nitrogens with two attached hydrogens (primary N) is 2. The van der Waals surface area contributed by atoms with Gasteiger partial charge in [0, 0.05) is 5.56 Å². The number of allylic oxidation sites excluding steroid dienone is 2. The number of halogens is 7. The quantitative estimate of drug-likeness (QED) is 0.712. The van der Waals surface area contributed by atoms with Crippen LogP contribution < -0.4 is 11.5 Å². The molecule has 0 spiro atoms. The Kier molecular flexibility index (Phi) is 5.33. The highest BCUT2D eigenvalue weighted by Crippen LogP contribution is 2.52. The van der Waals surface area contributed by atoms with Gasteiger partial charge in [0.2, 0.25) is 11.8 Å². The van der Waals surface area contributed by atoms with E-state index in [4.69, 9.17) is 11.5 Å². The van der Waals surface area contributed by atoms with Gasteiger partial charge in [-0.05, 0) is 24.1 Å². The van der Waals surface area contributed by atoms with E-state index in [0.717, 1.165) is 13.0 Å². The number of aryl methyl sites for hydroxylation is 1. The summed E-state index contributed by atoms with van der Waals surface area (Å²) in [4.78, 5) is 24.0. The first-order valence-electron chi connectivity index (χ1n) is 8.00. The van der Waals surface area contributed by atoms with Gasteiger partial charge in [0.15, 0.2) is 0 Å². The topological polar surface area (TPSA) is 86.2 Å². The number of amides is 2. The Morgan fingerprint density at radius 1 is 1.00 bits per heavy atom. The smallest absolute Gasteiger partial charge is 0.369 e. The summed E-state index contributed by atoms with van der Waals surface area (Å²) in [5.41, 5.74) is 6.79. The number of hydrogen-bond acceptors (Lipinski definition) is 2. The number of rotatable bonds is 5. The van der Waals surface area contributed by atoms with Crippen LogP contribution in [0.1, 0.15) is 16.7 Å². The molecule has 4 nitrogen and oxygen atoms in total. The minimum atomic E-state index is -6.49. The third-order valence-electron chi connectivity index (χ3n) is 4.76. The van der Waals surface area contributed by atoms with Crippen molar-refractivity contribution in [3.05, 3.63) is 59.2 Å². The van der Waals surface area contributed by atoms with Crippen molar-refractivity contribution in [2.24, 2.45) is 17.4 Å². The van der Waals surface area contributed by atoms with E-state index in [1.54, 1.807) is 0 Å². The van der Waals surface area contributed by atoms with Crippen LogP contribution in [0.2, 0.25) is 0 Å². The summed E-state index contributed by atoms with van der Waals surface area (Å²) in [5, 5.41) is 0. The molecule has 0 aromatic heterocycles. The predicted octanol–water partition coefficient (Wildman–Crippen LogP) is 3.24. The van der Waals surface area contributed by atoms with Gasteiger partial charge in [0.05, 0.1) is 5.92 Å². The Labute approximate surface area is 160 Å². The van der Waals surface area contributed by atoms with E-state index in [0.29, 0.717) is 12.1 Å². The van der Waals surface area contributed by atoms with Gasteiger partial charge >= 0.3 is 18.0 Å². The first-order chi connectivity index (χ1) is 13.1. The Hall–Kier alpha value is -2.85. The standard InChI is InChI=1S/C18H15F7N2O2/c1-9-8-10(16(19,20)17(21,22)18(23,24)25)5-6-11(9)15(14(27)29)7-3-2-4-12(15)13(26)28/h2-8,12H,1H3,(H2,26,28)(H2,27,29). The minimum Gasteiger partial charge on any atom is -0.369 e. The molecular formula is C18H15F7N2O2. The van der Waals surface area contributed by atoms with E-state index in [2.05, 4.69) is 0 Å². The Morgan fingerprint density at radius 2 is 1.59 bits per heavy atom. The molecular weight excluding hydrogens is 409 g/mol. The number of alkyl halides is 7. The van der Waals surface area contributed by atoms with Crippen molar-refractivity contribution in [1.29, 1.82) is 0 Å². The highest BCUT2D eigenvalue weighted by Gasteiger charge is 2.73. The van der Waals surface area contributed by atoms with E-state index < -0.39 is 46.7 Å².